The van der Waals surface area contributed by atoms with Gasteiger partial charge in [0.05, 0.1) is 11.3 Å². The first-order chi connectivity index (χ1) is 9.66. The first-order valence-corrected chi connectivity index (χ1v) is 6.38. The molecule has 1 aromatic carbocycles. The van der Waals surface area contributed by atoms with Gasteiger partial charge < -0.3 is 14.4 Å². The number of aryl methyl sites for hydroxylation is 1. The lowest BCUT2D eigenvalue weighted by molar-refractivity contribution is 0.0982. The van der Waals surface area contributed by atoms with Crippen LogP contribution >= 0.6 is 0 Å². The Labute approximate surface area is 115 Å². The van der Waals surface area contributed by atoms with Gasteiger partial charge in [-0.2, -0.15) is 0 Å². The highest BCUT2D eigenvalue weighted by atomic mass is 16.4. The zero-order valence-corrected chi connectivity index (χ0v) is 10.7. The Morgan fingerprint density at radius 3 is 2.85 bits per heavy atom. The van der Waals surface area contributed by atoms with Crippen LogP contribution < -0.4 is 10.5 Å². The van der Waals surface area contributed by atoms with Crippen LogP contribution in [-0.4, -0.2) is 17.6 Å². The number of aromatic hydroxyl groups is 1. The molecule has 0 aliphatic carbocycles. The summed E-state index contributed by atoms with van der Waals surface area (Å²) in [6, 6.07) is 7.88. The monoisotopic (exact) mass is 271 g/mol. The van der Waals surface area contributed by atoms with Gasteiger partial charge in [-0.1, -0.05) is 12.1 Å². The number of rotatable bonds is 1. The maximum atomic E-state index is 12.5. The van der Waals surface area contributed by atoms with E-state index in [-0.39, 0.29) is 11.7 Å². The van der Waals surface area contributed by atoms with E-state index in [0.29, 0.717) is 17.8 Å². The van der Waals surface area contributed by atoms with Crippen LogP contribution in [0.2, 0.25) is 0 Å². The number of carbonyl (C=O) groups is 1. The molecule has 1 amide bonds. The number of carbonyl (C=O) groups excluding carboxylic acids is 1. The third-order valence-electron chi connectivity index (χ3n) is 3.39. The van der Waals surface area contributed by atoms with Gasteiger partial charge in [-0.15, -0.1) is 0 Å². The fraction of sp³-hybridized carbons (Fsp3) is 0.200. The molecule has 0 radical (unpaired) electrons. The van der Waals surface area contributed by atoms with E-state index in [2.05, 4.69) is 0 Å². The third-order valence-corrected chi connectivity index (χ3v) is 3.39. The van der Waals surface area contributed by atoms with E-state index in [4.69, 9.17) is 4.42 Å². The molecule has 102 valence electrons. The van der Waals surface area contributed by atoms with Crippen molar-refractivity contribution in [2.45, 2.75) is 12.8 Å². The largest absolute Gasteiger partial charge is 0.506 e. The van der Waals surface area contributed by atoms with E-state index in [9.17, 15) is 14.7 Å². The van der Waals surface area contributed by atoms with Gasteiger partial charge in [-0.05, 0) is 30.5 Å². The number of phenols is 1. The van der Waals surface area contributed by atoms with E-state index < -0.39 is 5.63 Å². The number of anilines is 1. The van der Waals surface area contributed by atoms with Crippen molar-refractivity contribution < 1.29 is 14.3 Å². The first kappa shape index (κ1) is 12.5. The second kappa shape index (κ2) is 4.85. The molecular weight excluding hydrogens is 258 g/mol. The molecule has 0 bridgehead atoms. The van der Waals surface area contributed by atoms with Gasteiger partial charge in [-0.3, -0.25) is 4.79 Å². The fourth-order valence-electron chi connectivity index (χ4n) is 2.47. The minimum absolute atomic E-state index is 0.0907. The van der Waals surface area contributed by atoms with Crippen molar-refractivity contribution in [2.75, 3.05) is 11.4 Å². The Bertz CT molecular complexity index is 700. The Morgan fingerprint density at radius 2 is 2.10 bits per heavy atom. The summed E-state index contributed by atoms with van der Waals surface area (Å²) in [5.74, 6) is -0.191. The molecule has 1 aliphatic heterocycles. The summed E-state index contributed by atoms with van der Waals surface area (Å²) in [7, 11) is 0. The van der Waals surface area contributed by atoms with Crippen molar-refractivity contribution in [2.24, 2.45) is 0 Å². The minimum Gasteiger partial charge on any atom is -0.506 e. The molecule has 3 rings (SSSR count). The average Bonchev–Trinajstić information content (AvgIpc) is 2.47. The predicted molar refractivity (Wildman–Crippen MR) is 73.1 cm³/mol. The third kappa shape index (κ3) is 2.07. The van der Waals surface area contributed by atoms with Gasteiger partial charge in [0.2, 0.25) is 0 Å². The lowest BCUT2D eigenvalue weighted by Crippen LogP contribution is -2.35. The summed E-state index contributed by atoms with van der Waals surface area (Å²) in [6.45, 7) is 0.530. The standard InChI is InChI=1S/C15H13NO4/c17-12-5-1-3-10-4-2-8-16(14(10)12)15(19)11-6-7-13(18)20-9-11/h1,3,5-7,9,17H,2,4,8H2. The van der Waals surface area contributed by atoms with Crippen LogP contribution in [0, 0.1) is 0 Å². The Kier molecular flexibility index (Phi) is 3.02. The molecule has 0 saturated heterocycles. The van der Waals surface area contributed by atoms with Gasteiger partial charge in [0.1, 0.15) is 12.0 Å². The van der Waals surface area contributed by atoms with Crippen LogP contribution in [0.25, 0.3) is 0 Å². The van der Waals surface area contributed by atoms with Gasteiger partial charge in [0.15, 0.2) is 0 Å². The molecule has 2 heterocycles. The van der Waals surface area contributed by atoms with E-state index in [1.54, 1.807) is 12.1 Å². The van der Waals surface area contributed by atoms with Crippen LogP contribution in [0.5, 0.6) is 5.75 Å². The molecule has 1 aromatic heterocycles. The quantitative estimate of drug-likeness (QED) is 0.860. The van der Waals surface area contributed by atoms with E-state index in [1.807, 2.05) is 6.07 Å². The van der Waals surface area contributed by atoms with Gasteiger partial charge in [-0.25, -0.2) is 4.79 Å². The van der Waals surface area contributed by atoms with Crippen LogP contribution in [0.1, 0.15) is 22.3 Å². The molecular formula is C15H13NO4. The molecule has 1 aliphatic rings. The molecule has 0 spiro atoms. The van der Waals surface area contributed by atoms with Crippen molar-refractivity contribution in [1.82, 2.24) is 0 Å². The minimum atomic E-state index is -0.497. The number of hydrogen-bond acceptors (Lipinski definition) is 4. The zero-order chi connectivity index (χ0) is 14.1. The summed E-state index contributed by atoms with van der Waals surface area (Å²) < 4.78 is 4.72. The smallest absolute Gasteiger partial charge is 0.335 e. The highest BCUT2D eigenvalue weighted by Crippen LogP contribution is 2.36. The van der Waals surface area contributed by atoms with Gasteiger partial charge in [0.25, 0.3) is 5.91 Å². The summed E-state index contributed by atoms with van der Waals surface area (Å²) in [6.07, 6.45) is 2.81. The number of fused-ring (bicyclic) bond motifs is 1. The highest BCUT2D eigenvalue weighted by Gasteiger charge is 2.26. The summed E-state index contributed by atoms with van der Waals surface area (Å²) in [5.41, 5.74) is 1.29. The predicted octanol–water partition coefficient (Wildman–Crippen LogP) is 1.94. The molecule has 2 aromatic rings. The van der Waals surface area contributed by atoms with Crippen LogP contribution in [0.3, 0.4) is 0 Å². The molecule has 5 heteroatoms. The maximum Gasteiger partial charge on any atom is 0.335 e. The lowest BCUT2D eigenvalue weighted by Gasteiger charge is -2.29. The second-order valence-electron chi connectivity index (χ2n) is 4.69. The Morgan fingerprint density at radius 1 is 1.25 bits per heavy atom. The number of amides is 1. The van der Waals surface area contributed by atoms with E-state index in [0.717, 1.165) is 24.7 Å². The first-order valence-electron chi connectivity index (χ1n) is 6.38. The second-order valence-corrected chi connectivity index (χ2v) is 4.69. The normalized spacial score (nSPS) is 13.9. The molecule has 0 saturated carbocycles. The van der Waals surface area contributed by atoms with Crippen molar-refractivity contribution in [1.29, 1.82) is 0 Å². The maximum absolute atomic E-state index is 12.5. The molecule has 5 nitrogen and oxygen atoms in total. The molecule has 0 fully saturated rings. The highest BCUT2D eigenvalue weighted by molar-refractivity contribution is 6.07. The summed E-state index contributed by atoms with van der Waals surface area (Å²) in [5, 5.41) is 10.00. The lowest BCUT2D eigenvalue weighted by atomic mass is 10.0. The van der Waals surface area contributed by atoms with Crippen molar-refractivity contribution in [3.05, 3.63) is 58.1 Å². The number of benzene rings is 1. The van der Waals surface area contributed by atoms with Gasteiger partial charge >= 0.3 is 5.63 Å². The van der Waals surface area contributed by atoms with Gasteiger partial charge in [0, 0.05) is 12.6 Å². The van der Waals surface area contributed by atoms with Crippen LogP contribution in [0.15, 0.2) is 45.8 Å². The Hall–Kier alpha value is -2.56. The van der Waals surface area contributed by atoms with E-state index in [1.165, 1.54) is 17.0 Å². The van der Waals surface area contributed by atoms with Crippen molar-refractivity contribution >= 4 is 11.6 Å². The van der Waals surface area contributed by atoms with E-state index >= 15 is 0 Å². The van der Waals surface area contributed by atoms with Crippen molar-refractivity contribution in [3.8, 4) is 5.75 Å². The number of hydrogen-bond donors (Lipinski definition) is 1. The average molecular weight is 271 g/mol. The summed E-state index contributed by atoms with van der Waals surface area (Å²) >= 11 is 0. The molecule has 1 N–H and O–H groups in total. The molecule has 0 unspecified atom stereocenters. The molecule has 0 atom stereocenters. The topological polar surface area (TPSA) is 70.8 Å². The number of phenolic OH excluding ortho intramolecular Hbond substituents is 1. The zero-order valence-electron chi connectivity index (χ0n) is 10.7. The molecule has 20 heavy (non-hydrogen) atoms. The fourth-order valence-corrected chi connectivity index (χ4v) is 2.47. The van der Waals surface area contributed by atoms with Crippen molar-refractivity contribution in [3.63, 3.8) is 0 Å². The number of nitrogens with zero attached hydrogens (tertiary/aromatic N) is 1. The Balaban J connectivity index is 2.02. The number of para-hydroxylation sites is 1. The SMILES string of the molecule is O=C(c1ccc(=O)oc1)N1CCCc2cccc(O)c21. The van der Waals surface area contributed by atoms with Crippen LogP contribution in [0.4, 0.5) is 5.69 Å². The summed E-state index contributed by atoms with van der Waals surface area (Å²) in [4.78, 5) is 25.0. The van der Waals surface area contributed by atoms with Crippen LogP contribution in [-0.2, 0) is 6.42 Å².